The van der Waals surface area contributed by atoms with Crippen molar-refractivity contribution < 1.29 is 27.5 Å². The molecule has 0 heterocycles. The highest BCUT2D eigenvalue weighted by Gasteiger charge is 2.18. The van der Waals surface area contributed by atoms with Crippen LogP contribution in [0.4, 0.5) is 4.79 Å². The summed E-state index contributed by atoms with van der Waals surface area (Å²) in [5, 5.41) is 4.16. The second-order valence-electron chi connectivity index (χ2n) is 6.28. The van der Waals surface area contributed by atoms with Crippen LogP contribution in [0.1, 0.15) is 12.0 Å². The highest BCUT2D eigenvalue weighted by molar-refractivity contribution is 7.91. The van der Waals surface area contributed by atoms with Gasteiger partial charge in [0.1, 0.15) is 18.9 Å². The summed E-state index contributed by atoms with van der Waals surface area (Å²) in [5.74, 6) is -0.142. The van der Waals surface area contributed by atoms with Gasteiger partial charge in [-0.05, 0) is 36.2 Å². The quantitative estimate of drug-likeness (QED) is 0.376. The molecule has 2 aromatic rings. The molecule has 0 aliphatic carbocycles. The van der Waals surface area contributed by atoms with Crippen LogP contribution < -0.4 is 15.4 Å². The predicted octanol–water partition coefficient (Wildman–Crippen LogP) is 2.16. The molecule has 30 heavy (non-hydrogen) atoms. The lowest BCUT2D eigenvalue weighted by Gasteiger charge is -2.14. The topological polar surface area (TPSA) is 111 Å². The normalized spacial score (nSPS) is 11.9. The van der Waals surface area contributed by atoms with Gasteiger partial charge in [-0.15, -0.1) is 0 Å². The molecule has 0 saturated heterocycles. The number of ether oxygens (including phenoxy) is 2. The molecule has 2 N–H and O–H groups in total. The van der Waals surface area contributed by atoms with Crippen LogP contribution in [0.2, 0.25) is 0 Å². The zero-order chi connectivity index (χ0) is 22.0. The zero-order valence-corrected chi connectivity index (χ0v) is 18.1. The first-order valence-corrected chi connectivity index (χ1v) is 11.3. The summed E-state index contributed by atoms with van der Waals surface area (Å²) in [6.07, 6.45) is -0.631. The van der Waals surface area contributed by atoms with Crippen molar-refractivity contribution in [3.05, 3.63) is 60.2 Å². The number of carbonyl (C=O) groups excluding carboxylic acids is 2. The Morgan fingerprint density at radius 2 is 1.73 bits per heavy atom. The number of hydrogen-bond acceptors (Lipinski definition) is 7. The predicted molar refractivity (Wildman–Crippen MR) is 115 cm³/mol. The molecule has 0 spiro atoms. The van der Waals surface area contributed by atoms with Crippen LogP contribution in [0.25, 0.3) is 0 Å². The van der Waals surface area contributed by atoms with Crippen LogP contribution in [0.5, 0.6) is 5.75 Å². The number of alkyl carbamates (subject to hydrolysis) is 1. The van der Waals surface area contributed by atoms with Crippen molar-refractivity contribution in [3.8, 4) is 5.75 Å². The molecule has 0 aliphatic heterocycles. The summed E-state index contributed by atoms with van der Waals surface area (Å²) in [7, 11) is -2.03. The van der Waals surface area contributed by atoms with Crippen molar-refractivity contribution in [2.24, 2.45) is 0 Å². The molecule has 0 aromatic heterocycles. The molecule has 0 bridgehead atoms. The number of rotatable bonds is 10. The van der Waals surface area contributed by atoms with Crippen LogP contribution in [0.15, 0.2) is 59.5 Å². The van der Waals surface area contributed by atoms with Gasteiger partial charge in [0.15, 0.2) is 9.84 Å². The molecule has 1 atom stereocenters. The van der Waals surface area contributed by atoms with Crippen molar-refractivity contribution in [3.63, 3.8) is 0 Å². The molecular formula is C20H24N2O6S2. The van der Waals surface area contributed by atoms with Crippen molar-refractivity contribution in [1.82, 2.24) is 10.6 Å². The van der Waals surface area contributed by atoms with Crippen molar-refractivity contribution in [2.75, 3.05) is 19.4 Å². The second-order valence-corrected chi connectivity index (χ2v) is 9.01. The van der Waals surface area contributed by atoms with E-state index in [0.717, 1.165) is 5.56 Å². The molecule has 1 unspecified atom stereocenters. The summed E-state index contributed by atoms with van der Waals surface area (Å²) in [5.41, 5.74) is 0.825. The average Bonchev–Trinajstić information content (AvgIpc) is 2.75. The van der Waals surface area contributed by atoms with E-state index in [9.17, 15) is 18.0 Å². The van der Waals surface area contributed by atoms with Crippen LogP contribution in [0.3, 0.4) is 0 Å². The number of amides is 2. The Morgan fingerprint density at radius 3 is 2.37 bits per heavy atom. The van der Waals surface area contributed by atoms with E-state index in [-0.39, 0.29) is 30.2 Å². The Kier molecular flexibility index (Phi) is 9.00. The fourth-order valence-corrected chi connectivity index (χ4v) is 4.18. The Bertz CT molecular complexity index is 934. The van der Waals surface area contributed by atoms with Crippen molar-refractivity contribution in [2.45, 2.75) is 23.3 Å². The monoisotopic (exact) mass is 452 g/mol. The third kappa shape index (κ3) is 7.96. The first-order valence-electron chi connectivity index (χ1n) is 9.09. The van der Waals surface area contributed by atoms with Gasteiger partial charge in [-0.1, -0.05) is 30.3 Å². The molecule has 0 radical (unpaired) electrons. The fourth-order valence-electron chi connectivity index (χ4n) is 2.40. The zero-order valence-electron chi connectivity index (χ0n) is 16.4. The van der Waals surface area contributed by atoms with E-state index in [1.54, 1.807) is 12.1 Å². The summed E-state index contributed by atoms with van der Waals surface area (Å²) in [6, 6.07) is 15.2. The number of sulfone groups is 1. The smallest absolute Gasteiger partial charge is 0.407 e. The Hall–Kier alpha value is -2.72. The maximum Gasteiger partial charge on any atom is 0.407 e. The largest absolute Gasteiger partial charge is 0.497 e. The molecule has 162 valence electrons. The number of methoxy groups -OCH3 is 1. The maximum atomic E-state index is 12.4. The summed E-state index contributed by atoms with van der Waals surface area (Å²) in [6.45, 7) is -0.220. The fraction of sp³-hybridized carbons (Fsp3) is 0.300. The standard InChI is InChI=1S/C20H24N2O6S2/c1-27-16-7-9-17(10-8-16)30(25,26)12-11-19(29)22-18(23)13-21-20(24)28-14-15-5-3-2-4-6-15/h2-10,19,29H,11-14H2,1H3,(H,21,24)(H,22,23). The Labute approximate surface area is 181 Å². The van der Waals surface area contributed by atoms with Gasteiger partial charge in [0.2, 0.25) is 5.91 Å². The SMILES string of the molecule is COc1ccc(S(=O)(=O)CCC(S)NC(=O)CNC(=O)OCc2ccccc2)cc1. The minimum absolute atomic E-state index is 0.0900. The second kappa shape index (κ2) is 11.5. The van der Waals surface area contributed by atoms with Crippen LogP contribution in [-0.4, -0.2) is 45.2 Å². The van der Waals surface area contributed by atoms with Gasteiger partial charge in [0.25, 0.3) is 0 Å². The van der Waals surface area contributed by atoms with Gasteiger partial charge in [0, 0.05) is 0 Å². The van der Waals surface area contributed by atoms with Crippen LogP contribution in [-0.2, 0) is 26.0 Å². The number of hydrogen-bond donors (Lipinski definition) is 3. The average molecular weight is 453 g/mol. The Balaban J connectivity index is 1.70. The summed E-state index contributed by atoms with van der Waals surface area (Å²) < 4.78 is 34.7. The summed E-state index contributed by atoms with van der Waals surface area (Å²) in [4.78, 5) is 23.7. The lowest BCUT2D eigenvalue weighted by atomic mass is 10.2. The van der Waals surface area contributed by atoms with E-state index in [4.69, 9.17) is 9.47 Å². The van der Waals surface area contributed by atoms with Crippen LogP contribution >= 0.6 is 12.6 Å². The van der Waals surface area contributed by atoms with Gasteiger partial charge in [-0.25, -0.2) is 13.2 Å². The third-order valence-electron chi connectivity index (χ3n) is 4.01. The molecule has 2 rings (SSSR count). The number of nitrogens with one attached hydrogen (secondary N) is 2. The van der Waals surface area contributed by atoms with Gasteiger partial charge in [0.05, 0.1) is 23.1 Å². The van der Waals surface area contributed by atoms with Crippen molar-refractivity contribution >= 4 is 34.5 Å². The van der Waals surface area contributed by atoms with E-state index in [1.807, 2.05) is 30.3 Å². The lowest BCUT2D eigenvalue weighted by Crippen LogP contribution is -2.40. The number of thiol groups is 1. The maximum absolute atomic E-state index is 12.4. The molecule has 0 fully saturated rings. The van der Waals surface area contributed by atoms with E-state index in [1.165, 1.54) is 19.2 Å². The third-order valence-corrected chi connectivity index (χ3v) is 6.16. The summed E-state index contributed by atoms with van der Waals surface area (Å²) >= 11 is 4.20. The van der Waals surface area contributed by atoms with E-state index in [2.05, 4.69) is 23.3 Å². The molecule has 10 heteroatoms. The molecule has 0 saturated carbocycles. The van der Waals surface area contributed by atoms with Gasteiger partial charge in [-0.3, -0.25) is 4.79 Å². The lowest BCUT2D eigenvalue weighted by molar-refractivity contribution is -0.120. The van der Waals surface area contributed by atoms with E-state index in [0.29, 0.717) is 5.75 Å². The number of benzene rings is 2. The molecule has 0 aliphatic rings. The van der Waals surface area contributed by atoms with E-state index >= 15 is 0 Å². The molecule has 8 nitrogen and oxygen atoms in total. The molecule has 2 aromatic carbocycles. The van der Waals surface area contributed by atoms with Gasteiger partial charge >= 0.3 is 6.09 Å². The molecule has 2 amide bonds. The van der Waals surface area contributed by atoms with Crippen LogP contribution in [0, 0.1) is 0 Å². The van der Waals surface area contributed by atoms with Gasteiger partial charge in [-0.2, -0.15) is 12.6 Å². The highest BCUT2D eigenvalue weighted by atomic mass is 32.2. The Morgan fingerprint density at radius 1 is 1.07 bits per heavy atom. The first-order chi connectivity index (χ1) is 14.3. The minimum atomic E-state index is -3.52. The van der Waals surface area contributed by atoms with E-state index < -0.39 is 27.2 Å². The van der Waals surface area contributed by atoms with Gasteiger partial charge < -0.3 is 20.1 Å². The highest BCUT2D eigenvalue weighted by Crippen LogP contribution is 2.18. The van der Waals surface area contributed by atoms with Crippen molar-refractivity contribution in [1.29, 1.82) is 0 Å². The minimum Gasteiger partial charge on any atom is -0.497 e. The molecular weight excluding hydrogens is 428 g/mol. The first kappa shape index (κ1) is 23.6. The number of carbonyl (C=O) groups is 2.